The minimum atomic E-state index is -0.109. The minimum absolute atomic E-state index is 0.0843. The van der Waals surface area contributed by atoms with Crippen molar-refractivity contribution in [3.8, 4) is 11.4 Å². The molecule has 8 nitrogen and oxygen atoms in total. The first-order valence-electron chi connectivity index (χ1n) is 10.1. The number of ether oxygens (including phenoxy) is 1. The molecule has 158 valence electrons. The van der Waals surface area contributed by atoms with Crippen LogP contribution in [0.2, 0.25) is 0 Å². The average molecular weight is 435 g/mol. The van der Waals surface area contributed by atoms with Gasteiger partial charge in [-0.05, 0) is 55.5 Å². The quantitative estimate of drug-likeness (QED) is 0.480. The second-order valence-electron chi connectivity index (χ2n) is 7.36. The van der Waals surface area contributed by atoms with Crippen molar-refractivity contribution in [2.24, 2.45) is 0 Å². The molecule has 1 saturated heterocycles. The fourth-order valence-corrected chi connectivity index (χ4v) is 4.51. The Bertz CT molecular complexity index is 1240. The zero-order chi connectivity index (χ0) is 21.4. The molecule has 0 unspecified atom stereocenters. The number of aromatic amines is 1. The number of hydrogen-bond acceptors (Lipinski definition) is 6. The Labute approximate surface area is 183 Å². The topological polar surface area (TPSA) is 88.9 Å². The normalized spacial score (nSPS) is 16.2. The van der Waals surface area contributed by atoms with Crippen LogP contribution in [0.25, 0.3) is 16.7 Å². The van der Waals surface area contributed by atoms with Gasteiger partial charge in [0.2, 0.25) is 0 Å². The molecule has 0 aliphatic carbocycles. The van der Waals surface area contributed by atoms with Gasteiger partial charge in [-0.25, -0.2) is 4.98 Å². The van der Waals surface area contributed by atoms with Gasteiger partial charge in [0.25, 0.3) is 5.91 Å². The molecule has 1 N–H and O–H groups in total. The number of benzene rings is 2. The Morgan fingerprint density at radius 3 is 2.81 bits per heavy atom. The molecule has 1 aliphatic heterocycles. The summed E-state index contributed by atoms with van der Waals surface area (Å²) in [5.41, 5.74) is 3.03. The number of fused-ring (bicyclic) bond motifs is 1. The molecule has 5 rings (SSSR count). The monoisotopic (exact) mass is 434 g/mol. The highest BCUT2D eigenvalue weighted by Crippen LogP contribution is 2.34. The summed E-state index contributed by atoms with van der Waals surface area (Å²) < 4.78 is 5.37. The average Bonchev–Trinajstić information content (AvgIpc) is 3.57. The van der Waals surface area contributed by atoms with Crippen molar-refractivity contribution in [2.75, 3.05) is 19.9 Å². The molecule has 31 heavy (non-hydrogen) atoms. The van der Waals surface area contributed by atoms with Gasteiger partial charge < -0.3 is 14.6 Å². The predicted octanol–water partition coefficient (Wildman–Crippen LogP) is 3.85. The molecule has 1 aliphatic rings. The number of H-pyrrole nitrogens is 1. The van der Waals surface area contributed by atoms with Gasteiger partial charge in [-0.3, -0.25) is 4.79 Å². The van der Waals surface area contributed by atoms with Gasteiger partial charge in [0.05, 0.1) is 47.8 Å². The molecule has 2 aromatic heterocycles. The fraction of sp³-hybridized carbons (Fsp3) is 0.273. The lowest BCUT2D eigenvalue weighted by atomic mass is 10.1. The van der Waals surface area contributed by atoms with Crippen LogP contribution in [0.3, 0.4) is 0 Å². The molecule has 0 bridgehead atoms. The summed E-state index contributed by atoms with van der Waals surface area (Å²) in [6.07, 6.45) is 7.02. The number of amides is 1. The highest BCUT2D eigenvalue weighted by molar-refractivity contribution is 7.98. The van der Waals surface area contributed by atoms with Gasteiger partial charge in [0.1, 0.15) is 11.6 Å². The number of rotatable bonds is 5. The van der Waals surface area contributed by atoms with Crippen LogP contribution in [0.4, 0.5) is 0 Å². The predicted molar refractivity (Wildman–Crippen MR) is 119 cm³/mol. The summed E-state index contributed by atoms with van der Waals surface area (Å²) in [5, 5.41) is 8.41. The van der Waals surface area contributed by atoms with Crippen LogP contribution in [0.5, 0.6) is 5.75 Å². The highest BCUT2D eigenvalue weighted by Gasteiger charge is 2.34. The van der Waals surface area contributed by atoms with Crippen LogP contribution in [0.15, 0.2) is 53.7 Å². The summed E-state index contributed by atoms with van der Waals surface area (Å²) >= 11 is 1.69. The number of aromatic nitrogens is 5. The summed E-state index contributed by atoms with van der Waals surface area (Å²) in [5.74, 6) is 1.35. The van der Waals surface area contributed by atoms with Crippen LogP contribution < -0.4 is 4.74 Å². The molecule has 0 spiro atoms. The zero-order valence-electron chi connectivity index (χ0n) is 17.3. The maximum absolute atomic E-state index is 13.7. The zero-order valence-corrected chi connectivity index (χ0v) is 18.1. The van der Waals surface area contributed by atoms with E-state index in [4.69, 9.17) is 9.72 Å². The summed E-state index contributed by atoms with van der Waals surface area (Å²) in [6.45, 7) is 0.666. The Balaban J connectivity index is 1.52. The molecular formula is C22H22N6O2S. The maximum Gasteiger partial charge on any atom is 0.256 e. The van der Waals surface area contributed by atoms with Gasteiger partial charge in [-0.2, -0.15) is 15.0 Å². The minimum Gasteiger partial charge on any atom is -0.497 e. The lowest BCUT2D eigenvalue weighted by Gasteiger charge is -2.24. The number of nitrogens with one attached hydrogen (secondary N) is 1. The van der Waals surface area contributed by atoms with E-state index in [0.29, 0.717) is 23.5 Å². The van der Waals surface area contributed by atoms with Crippen LogP contribution in [0.1, 0.15) is 35.1 Å². The lowest BCUT2D eigenvalue weighted by Crippen LogP contribution is -2.32. The van der Waals surface area contributed by atoms with Crippen LogP contribution in [-0.2, 0) is 0 Å². The second kappa shape index (κ2) is 8.07. The summed E-state index contributed by atoms with van der Waals surface area (Å²) in [4.78, 5) is 26.4. The van der Waals surface area contributed by atoms with Crippen molar-refractivity contribution in [2.45, 2.75) is 23.8 Å². The first kappa shape index (κ1) is 19.6. The number of likely N-dealkylation sites (tertiary alicyclic amines) is 1. The third-order valence-electron chi connectivity index (χ3n) is 5.61. The SMILES string of the molecule is COc1ccc(-n2nccn2)c(C(=O)N2CCC[C@H]2c2nc3ccc(SC)cc3[nH]2)c1. The van der Waals surface area contributed by atoms with Crippen LogP contribution >= 0.6 is 11.8 Å². The molecule has 9 heteroatoms. The fourth-order valence-electron chi connectivity index (χ4n) is 4.07. The van der Waals surface area contributed by atoms with E-state index in [2.05, 4.69) is 33.6 Å². The molecule has 1 fully saturated rings. The van der Waals surface area contributed by atoms with Crippen molar-refractivity contribution in [1.29, 1.82) is 0 Å². The van der Waals surface area contributed by atoms with Crippen molar-refractivity contribution in [3.63, 3.8) is 0 Å². The number of thioether (sulfide) groups is 1. The van der Waals surface area contributed by atoms with E-state index in [9.17, 15) is 4.79 Å². The molecule has 3 heterocycles. The summed E-state index contributed by atoms with van der Waals surface area (Å²) in [6, 6.07) is 11.4. The molecule has 1 amide bonds. The van der Waals surface area contributed by atoms with Crippen molar-refractivity contribution in [1.82, 2.24) is 29.9 Å². The maximum atomic E-state index is 13.7. The van der Waals surface area contributed by atoms with Crippen LogP contribution in [0, 0.1) is 0 Å². The number of hydrogen-bond donors (Lipinski definition) is 1. The van der Waals surface area contributed by atoms with E-state index in [1.54, 1.807) is 43.4 Å². The first-order valence-corrected chi connectivity index (χ1v) is 11.3. The van der Waals surface area contributed by atoms with Gasteiger partial charge in [-0.15, -0.1) is 11.8 Å². The Kier molecular flexibility index (Phi) is 5.11. The van der Waals surface area contributed by atoms with Crippen molar-refractivity contribution >= 4 is 28.7 Å². The number of methoxy groups -OCH3 is 1. The van der Waals surface area contributed by atoms with E-state index in [1.165, 1.54) is 9.69 Å². The van der Waals surface area contributed by atoms with Crippen molar-refractivity contribution < 1.29 is 9.53 Å². The molecular weight excluding hydrogens is 412 g/mol. The van der Waals surface area contributed by atoms with E-state index in [-0.39, 0.29) is 11.9 Å². The van der Waals surface area contributed by atoms with Gasteiger partial charge in [0, 0.05) is 11.4 Å². The third kappa shape index (κ3) is 3.54. The molecule has 0 saturated carbocycles. The van der Waals surface area contributed by atoms with Gasteiger partial charge in [0.15, 0.2) is 0 Å². The third-order valence-corrected chi connectivity index (χ3v) is 6.33. The number of nitrogens with zero attached hydrogens (tertiary/aromatic N) is 5. The van der Waals surface area contributed by atoms with Crippen molar-refractivity contribution in [3.05, 3.63) is 60.2 Å². The number of carbonyl (C=O) groups is 1. The Hall–Kier alpha value is -3.33. The molecule has 0 radical (unpaired) electrons. The van der Waals surface area contributed by atoms with E-state index in [1.807, 2.05) is 17.0 Å². The Morgan fingerprint density at radius 1 is 1.19 bits per heavy atom. The van der Waals surface area contributed by atoms with E-state index >= 15 is 0 Å². The van der Waals surface area contributed by atoms with E-state index < -0.39 is 0 Å². The smallest absolute Gasteiger partial charge is 0.256 e. The largest absolute Gasteiger partial charge is 0.497 e. The number of imidazole rings is 1. The molecule has 1 atom stereocenters. The summed E-state index contributed by atoms with van der Waals surface area (Å²) in [7, 11) is 1.59. The van der Waals surface area contributed by atoms with Crippen LogP contribution in [-0.4, -0.2) is 55.7 Å². The van der Waals surface area contributed by atoms with Gasteiger partial charge in [-0.1, -0.05) is 0 Å². The molecule has 2 aromatic carbocycles. The first-order chi connectivity index (χ1) is 15.2. The lowest BCUT2D eigenvalue weighted by molar-refractivity contribution is 0.0730. The second-order valence-corrected chi connectivity index (χ2v) is 8.24. The number of carbonyl (C=O) groups excluding carboxylic acids is 1. The Morgan fingerprint density at radius 2 is 2.03 bits per heavy atom. The molecule has 4 aromatic rings. The van der Waals surface area contributed by atoms with E-state index in [0.717, 1.165) is 29.7 Å². The highest BCUT2D eigenvalue weighted by atomic mass is 32.2. The van der Waals surface area contributed by atoms with Gasteiger partial charge >= 0.3 is 0 Å². The standard InChI is InChI=1S/C22H22N6O2S/c1-30-14-5-8-19(28-23-9-10-24-28)16(12-14)22(29)27-11-3-4-20(27)21-25-17-7-6-15(31-2)13-18(17)26-21/h5-10,12-13,20H,3-4,11H2,1-2H3,(H,25,26)/t20-/m0/s1.